The first-order chi connectivity index (χ1) is 16.1. The molecule has 1 saturated heterocycles. The van der Waals surface area contributed by atoms with Gasteiger partial charge in [0.15, 0.2) is 0 Å². The summed E-state index contributed by atoms with van der Waals surface area (Å²) in [7, 11) is 1.77. The molecule has 0 atom stereocenters. The lowest BCUT2D eigenvalue weighted by atomic mass is 10.1. The van der Waals surface area contributed by atoms with Crippen LogP contribution in [0, 0.1) is 24.1 Å². The molecule has 2 N–H and O–H groups in total. The number of fused-ring (bicyclic) bond motifs is 1. The van der Waals surface area contributed by atoms with Crippen LogP contribution >= 0.6 is 11.8 Å². The van der Waals surface area contributed by atoms with Crippen LogP contribution in [0.1, 0.15) is 30.1 Å². The van der Waals surface area contributed by atoms with E-state index in [1.54, 1.807) is 23.8 Å². The number of pyridine rings is 1. The Balaban J connectivity index is 1.63. The summed E-state index contributed by atoms with van der Waals surface area (Å²) in [6.45, 7) is 4.07. The fourth-order valence-electron chi connectivity index (χ4n) is 4.44. The van der Waals surface area contributed by atoms with Crippen LogP contribution in [-0.2, 0) is 0 Å². The summed E-state index contributed by atoms with van der Waals surface area (Å²) >= 11 is 1.29. The smallest absolute Gasteiger partial charge is 0.139 e. The van der Waals surface area contributed by atoms with E-state index in [2.05, 4.69) is 33.4 Å². The molecule has 3 aromatic heterocycles. The third-order valence-electron chi connectivity index (χ3n) is 6.16. The minimum atomic E-state index is -0.316. The van der Waals surface area contributed by atoms with E-state index in [1.807, 2.05) is 24.5 Å². The highest BCUT2D eigenvalue weighted by atomic mass is 32.2. The topological polar surface area (TPSA) is 83.0 Å². The van der Waals surface area contributed by atoms with E-state index in [1.165, 1.54) is 17.8 Å². The quantitative estimate of drug-likeness (QED) is 0.451. The molecule has 168 valence electrons. The predicted octanol–water partition coefficient (Wildman–Crippen LogP) is 4.63. The fraction of sp³-hybridized carbons (Fsp3) is 0.292. The van der Waals surface area contributed by atoms with Crippen molar-refractivity contribution in [2.75, 3.05) is 25.5 Å². The van der Waals surface area contributed by atoms with Crippen LogP contribution < -0.4 is 10.6 Å². The highest BCUT2D eigenvalue weighted by Crippen LogP contribution is 2.40. The summed E-state index contributed by atoms with van der Waals surface area (Å²) in [5.74, 6) is -0.316. The first-order valence-corrected chi connectivity index (χ1v) is 11.7. The average molecular weight is 462 g/mol. The molecule has 0 amide bonds. The number of piperidine rings is 1. The molecule has 1 aliphatic heterocycles. The van der Waals surface area contributed by atoms with Crippen LogP contribution in [-0.4, -0.2) is 39.5 Å². The van der Waals surface area contributed by atoms with Crippen LogP contribution in [0.3, 0.4) is 0 Å². The standard InChI is InChI=1S/C24H24FN7S/c1-15-19(13-30-32(15)18-6-8-28-9-7-18)16-10-22(23-17(11-26)12-29-31(23)14-16)33-24-20(25)4-3-5-21(24)27-2/h3-5,10,12-14,18,27-28H,6-9H2,1-2H3. The minimum absolute atomic E-state index is 0.316. The molecule has 1 aliphatic rings. The van der Waals surface area contributed by atoms with Gasteiger partial charge in [0.1, 0.15) is 11.9 Å². The molecule has 7 nitrogen and oxygen atoms in total. The molecule has 33 heavy (non-hydrogen) atoms. The van der Waals surface area contributed by atoms with Gasteiger partial charge in [-0.15, -0.1) is 0 Å². The largest absolute Gasteiger partial charge is 0.387 e. The van der Waals surface area contributed by atoms with E-state index in [0.29, 0.717) is 27.7 Å². The Morgan fingerprint density at radius 1 is 1.24 bits per heavy atom. The number of hydrogen-bond donors (Lipinski definition) is 2. The van der Waals surface area contributed by atoms with Crippen molar-refractivity contribution >= 4 is 23.0 Å². The molecule has 1 aromatic carbocycles. The lowest BCUT2D eigenvalue weighted by Gasteiger charge is -2.24. The SMILES string of the molecule is CNc1cccc(F)c1Sc1cc(-c2cnn(C3CCNCC3)c2C)cn2ncc(C#N)c12. The average Bonchev–Trinajstić information content (AvgIpc) is 3.44. The number of aromatic nitrogens is 4. The van der Waals surface area contributed by atoms with E-state index in [-0.39, 0.29) is 5.82 Å². The molecule has 4 heterocycles. The van der Waals surface area contributed by atoms with Gasteiger partial charge in [0.2, 0.25) is 0 Å². The molecule has 0 saturated carbocycles. The van der Waals surface area contributed by atoms with Gasteiger partial charge in [0.25, 0.3) is 0 Å². The Labute approximate surface area is 195 Å². The van der Waals surface area contributed by atoms with Crippen molar-refractivity contribution in [2.24, 2.45) is 0 Å². The van der Waals surface area contributed by atoms with Gasteiger partial charge in [0.05, 0.1) is 40.1 Å². The van der Waals surface area contributed by atoms with E-state index in [0.717, 1.165) is 47.6 Å². The zero-order valence-corrected chi connectivity index (χ0v) is 19.3. The van der Waals surface area contributed by atoms with Gasteiger partial charge < -0.3 is 10.6 Å². The van der Waals surface area contributed by atoms with Crippen molar-refractivity contribution in [3.63, 3.8) is 0 Å². The number of nitrogens with zero attached hydrogens (tertiary/aromatic N) is 5. The number of anilines is 1. The predicted molar refractivity (Wildman–Crippen MR) is 127 cm³/mol. The monoisotopic (exact) mass is 461 g/mol. The van der Waals surface area contributed by atoms with E-state index < -0.39 is 0 Å². The Morgan fingerprint density at radius 3 is 2.82 bits per heavy atom. The van der Waals surface area contributed by atoms with Gasteiger partial charge in [-0.3, -0.25) is 4.68 Å². The number of halogens is 1. The van der Waals surface area contributed by atoms with Gasteiger partial charge in [-0.2, -0.15) is 15.5 Å². The summed E-state index contributed by atoms with van der Waals surface area (Å²) in [5.41, 5.74) is 4.84. The van der Waals surface area contributed by atoms with Crippen LogP contribution in [0.15, 0.2) is 52.6 Å². The third kappa shape index (κ3) is 3.86. The van der Waals surface area contributed by atoms with Gasteiger partial charge in [-0.05, 0) is 51.1 Å². The summed E-state index contributed by atoms with van der Waals surface area (Å²) in [6, 6.07) is 9.55. The first kappa shape index (κ1) is 21.5. The molecule has 0 unspecified atom stereocenters. The number of benzene rings is 1. The fourth-order valence-corrected chi connectivity index (χ4v) is 5.59. The second-order valence-corrected chi connectivity index (χ2v) is 9.15. The van der Waals surface area contributed by atoms with Crippen molar-refractivity contribution in [1.29, 1.82) is 5.26 Å². The highest BCUT2D eigenvalue weighted by molar-refractivity contribution is 7.99. The maximum absolute atomic E-state index is 14.8. The second kappa shape index (κ2) is 8.89. The van der Waals surface area contributed by atoms with Crippen LogP contribution in [0.5, 0.6) is 0 Å². The van der Waals surface area contributed by atoms with Crippen LogP contribution in [0.25, 0.3) is 16.6 Å². The van der Waals surface area contributed by atoms with E-state index in [9.17, 15) is 9.65 Å². The van der Waals surface area contributed by atoms with E-state index >= 15 is 0 Å². The van der Waals surface area contributed by atoms with Crippen molar-refractivity contribution in [3.05, 3.63) is 59.9 Å². The Hall–Kier alpha value is -3.35. The number of rotatable bonds is 5. The Morgan fingerprint density at radius 2 is 2.06 bits per heavy atom. The van der Waals surface area contributed by atoms with E-state index in [4.69, 9.17) is 5.10 Å². The molecule has 9 heteroatoms. The maximum atomic E-state index is 14.8. The third-order valence-corrected chi connectivity index (χ3v) is 7.31. The van der Waals surface area contributed by atoms with Crippen LogP contribution in [0.4, 0.5) is 10.1 Å². The lowest BCUT2D eigenvalue weighted by Crippen LogP contribution is -2.30. The summed E-state index contributed by atoms with van der Waals surface area (Å²) in [6.07, 6.45) is 7.45. The van der Waals surface area contributed by atoms with Gasteiger partial charge in [0, 0.05) is 35.0 Å². The lowest BCUT2D eigenvalue weighted by molar-refractivity contribution is 0.338. The molecule has 1 fully saturated rings. The van der Waals surface area contributed by atoms with Crippen molar-refractivity contribution in [2.45, 2.75) is 35.6 Å². The minimum Gasteiger partial charge on any atom is -0.387 e. The number of nitriles is 1. The molecule has 0 radical (unpaired) electrons. The summed E-state index contributed by atoms with van der Waals surface area (Å²) in [5, 5.41) is 25.2. The zero-order chi connectivity index (χ0) is 22.9. The Kier molecular flexibility index (Phi) is 5.79. The first-order valence-electron chi connectivity index (χ1n) is 10.9. The summed E-state index contributed by atoms with van der Waals surface area (Å²) < 4.78 is 18.6. The molecule has 0 bridgehead atoms. The van der Waals surface area contributed by atoms with Crippen molar-refractivity contribution in [3.8, 4) is 17.2 Å². The van der Waals surface area contributed by atoms with Gasteiger partial charge in [-0.25, -0.2) is 8.91 Å². The molecular formula is C24H24FN7S. The second-order valence-electron chi connectivity index (χ2n) is 8.09. The van der Waals surface area contributed by atoms with Gasteiger partial charge >= 0.3 is 0 Å². The maximum Gasteiger partial charge on any atom is 0.139 e. The number of hydrogen-bond acceptors (Lipinski definition) is 6. The molecule has 4 aromatic rings. The Bertz CT molecular complexity index is 1360. The van der Waals surface area contributed by atoms with Crippen molar-refractivity contribution in [1.82, 2.24) is 24.7 Å². The van der Waals surface area contributed by atoms with Crippen molar-refractivity contribution < 1.29 is 4.39 Å². The number of nitrogens with one attached hydrogen (secondary N) is 2. The normalized spacial score (nSPS) is 14.5. The molecule has 0 aliphatic carbocycles. The van der Waals surface area contributed by atoms with Crippen LogP contribution in [0.2, 0.25) is 0 Å². The summed E-state index contributed by atoms with van der Waals surface area (Å²) in [4.78, 5) is 1.24. The molecule has 5 rings (SSSR count). The zero-order valence-electron chi connectivity index (χ0n) is 18.5. The molecular weight excluding hydrogens is 437 g/mol. The highest BCUT2D eigenvalue weighted by Gasteiger charge is 2.21. The van der Waals surface area contributed by atoms with Gasteiger partial charge in [-0.1, -0.05) is 17.8 Å². The molecule has 0 spiro atoms.